The van der Waals surface area contributed by atoms with E-state index in [1.807, 2.05) is 0 Å². The van der Waals surface area contributed by atoms with Crippen LogP contribution in [0.5, 0.6) is 0 Å². The molecule has 10 heteroatoms. The average Bonchev–Trinajstić information content (AvgIpc) is 3.03. The number of carbonyl (C=O) groups excluding carboxylic acids is 4. The van der Waals surface area contributed by atoms with E-state index in [-0.39, 0.29) is 28.1 Å². The number of hydrogen-bond acceptors (Lipinski definition) is 5. The van der Waals surface area contributed by atoms with Crippen molar-refractivity contribution < 1.29 is 23.9 Å². The highest BCUT2D eigenvalue weighted by Crippen LogP contribution is 2.43. The molecular weight excluding hydrogens is 491 g/mol. The smallest absolute Gasteiger partial charge is 0.338 e. The average molecular weight is 510 g/mol. The molecule has 0 bridgehead atoms. The Kier molecular flexibility index (Phi) is 6.93. The second-order valence-corrected chi connectivity index (χ2v) is 9.46. The van der Waals surface area contributed by atoms with Crippen LogP contribution in [-0.2, 0) is 19.1 Å². The highest BCUT2D eigenvalue weighted by Gasteiger charge is 2.52. The maximum Gasteiger partial charge on any atom is 0.338 e. The molecule has 1 N–H and O–H groups in total. The van der Waals surface area contributed by atoms with Gasteiger partial charge in [-0.2, -0.15) is 0 Å². The van der Waals surface area contributed by atoms with Gasteiger partial charge in [0.05, 0.1) is 33.8 Å². The molecule has 0 radical (unpaired) electrons. The normalized spacial score (nSPS) is 24.4. The van der Waals surface area contributed by atoms with E-state index >= 15 is 0 Å². The molecule has 2 aliphatic rings. The largest absolute Gasteiger partial charge is 0.452 e. The number of benzene rings is 2. The number of hydrogen-bond donors (Lipinski definition) is 1. The second-order valence-electron chi connectivity index (χ2n) is 7.91. The minimum atomic E-state index is -0.712. The fraction of sp³-hybridized carbons (Fsp3) is 0.304. The standard InChI is InChI=1S/C23H19Cl3N2O5/c24-13-3-5-14(6-4-13)27-20(29)11-33-23(32)12-1-7-15(8-2-12)28-21(30)16-9-18(25)19(26)10-17(16)22(28)31/h1-8,16-19H,9-11H2,(H,27,29)/t16-,17-,18+,19+/m1/s1. The summed E-state index contributed by atoms with van der Waals surface area (Å²) in [4.78, 5) is 51.1. The molecule has 0 aromatic heterocycles. The molecule has 1 saturated carbocycles. The molecule has 172 valence electrons. The number of carbonyl (C=O) groups is 4. The molecule has 2 aromatic rings. The van der Waals surface area contributed by atoms with Gasteiger partial charge in [0.25, 0.3) is 5.91 Å². The molecule has 1 heterocycles. The fourth-order valence-corrected chi connectivity index (χ4v) is 4.76. The Labute approximate surface area is 204 Å². The fourth-order valence-electron chi connectivity index (χ4n) is 4.04. The predicted octanol–water partition coefficient (Wildman–Crippen LogP) is 4.25. The summed E-state index contributed by atoms with van der Waals surface area (Å²) in [5.74, 6) is -2.82. The first kappa shape index (κ1) is 23.5. The van der Waals surface area contributed by atoms with E-state index in [2.05, 4.69) is 5.32 Å². The monoisotopic (exact) mass is 508 g/mol. The van der Waals surface area contributed by atoms with E-state index in [1.165, 1.54) is 24.3 Å². The Hall–Kier alpha value is -2.61. The van der Waals surface area contributed by atoms with E-state index in [0.29, 0.717) is 29.2 Å². The van der Waals surface area contributed by atoms with Crippen molar-refractivity contribution in [3.63, 3.8) is 0 Å². The van der Waals surface area contributed by atoms with Gasteiger partial charge in [0.15, 0.2) is 6.61 Å². The van der Waals surface area contributed by atoms with Crippen LogP contribution >= 0.6 is 34.8 Å². The third-order valence-corrected chi connectivity index (χ3v) is 7.08. The van der Waals surface area contributed by atoms with Gasteiger partial charge in [-0.05, 0) is 61.4 Å². The highest BCUT2D eigenvalue weighted by molar-refractivity contribution is 6.31. The zero-order chi connectivity index (χ0) is 23.7. The molecule has 0 spiro atoms. The number of nitrogens with zero attached hydrogens (tertiary/aromatic N) is 1. The summed E-state index contributed by atoms with van der Waals surface area (Å²) < 4.78 is 5.04. The third-order valence-electron chi connectivity index (χ3n) is 5.74. The van der Waals surface area contributed by atoms with Crippen LogP contribution in [-0.4, -0.2) is 41.1 Å². The minimum absolute atomic E-state index is 0.177. The molecule has 33 heavy (non-hydrogen) atoms. The van der Waals surface area contributed by atoms with Gasteiger partial charge in [-0.25, -0.2) is 4.79 Å². The van der Waals surface area contributed by atoms with E-state index in [0.717, 1.165) is 4.90 Å². The van der Waals surface area contributed by atoms with Crippen molar-refractivity contribution in [2.75, 3.05) is 16.8 Å². The third kappa shape index (κ3) is 5.00. The molecule has 4 atom stereocenters. The van der Waals surface area contributed by atoms with Crippen LogP contribution in [0.2, 0.25) is 5.02 Å². The van der Waals surface area contributed by atoms with Gasteiger partial charge in [0.2, 0.25) is 11.8 Å². The van der Waals surface area contributed by atoms with Crippen molar-refractivity contribution in [1.82, 2.24) is 0 Å². The van der Waals surface area contributed by atoms with Gasteiger partial charge in [-0.15, -0.1) is 23.2 Å². The zero-order valence-corrected chi connectivity index (χ0v) is 19.4. The highest BCUT2D eigenvalue weighted by atomic mass is 35.5. The van der Waals surface area contributed by atoms with Gasteiger partial charge >= 0.3 is 5.97 Å². The quantitative estimate of drug-likeness (QED) is 0.370. The lowest BCUT2D eigenvalue weighted by Crippen LogP contribution is -2.34. The number of nitrogens with one attached hydrogen (secondary N) is 1. The van der Waals surface area contributed by atoms with Crippen LogP contribution in [0, 0.1) is 11.8 Å². The predicted molar refractivity (Wildman–Crippen MR) is 125 cm³/mol. The number of alkyl halides is 2. The Balaban J connectivity index is 1.36. The van der Waals surface area contributed by atoms with Crippen molar-refractivity contribution in [3.05, 3.63) is 59.1 Å². The minimum Gasteiger partial charge on any atom is -0.452 e. The van der Waals surface area contributed by atoms with Crippen LogP contribution in [0.4, 0.5) is 11.4 Å². The molecule has 1 aliphatic carbocycles. The first-order chi connectivity index (χ1) is 15.7. The Bertz CT molecular complexity index is 1060. The second kappa shape index (κ2) is 9.71. The van der Waals surface area contributed by atoms with Crippen molar-refractivity contribution >= 4 is 69.9 Å². The number of amides is 3. The van der Waals surface area contributed by atoms with Crippen LogP contribution in [0.15, 0.2) is 48.5 Å². The van der Waals surface area contributed by atoms with Gasteiger partial charge in [-0.3, -0.25) is 19.3 Å². The number of rotatable bonds is 5. The van der Waals surface area contributed by atoms with E-state index < -0.39 is 30.3 Å². The number of ether oxygens (including phenoxy) is 1. The van der Waals surface area contributed by atoms with Gasteiger partial charge in [-0.1, -0.05) is 11.6 Å². The number of imide groups is 1. The lowest BCUT2D eigenvalue weighted by Gasteiger charge is -2.28. The van der Waals surface area contributed by atoms with Gasteiger partial charge < -0.3 is 10.1 Å². The summed E-state index contributed by atoms with van der Waals surface area (Å²) in [5.41, 5.74) is 1.05. The molecular formula is C23H19Cl3N2O5. The number of halogens is 3. The first-order valence-electron chi connectivity index (χ1n) is 10.2. The molecule has 0 unspecified atom stereocenters. The lowest BCUT2D eigenvalue weighted by molar-refractivity contribution is -0.122. The van der Waals surface area contributed by atoms with Crippen LogP contribution < -0.4 is 10.2 Å². The number of esters is 1. The Morgan fingerprint density at radius 1 is 0.909 bits per heavy atom. The van der Waals surface area contributed by atoms with Gasteiger partial charge in [0, 0.05) is 10.7 Å². The molecule has 2 fully saturated rings. The molecule has 3 amide bonds. The summed E-state index contributed by atoms with van der Waals surface area (Å²) in [6.45, 7) is -0.477. The SMILES string of the molecule is O=C(COC(=O)c1ccc(N2C(=O)[C@@H]3C[C@H](Cl)[C@@H](Cl)C[C@H]3C2=O)cc1)Nc1ccc(Cl)cc1. The first-order valence-corrected chi connectivity index (χ1v) is 11.5. The van der Waals surface area contributed by atoms with Crippen molar-refractivity contribution in [3.8, 4) is 0 Å². The maximum absolute atomic E-state index is 12.8. The van der Waals surface area contributed by atoms with E-state index in [9.17, 15) is 19.2 Å². The molecule has 4 rings (SSSR count). The topological polar surface area (TPSA) is 92.8 Å². The molecule has 1 aliphatic heterocycles. The van der Waals surface area contributed by atoms with Crippen molar-refractivity contribution in [1.29, 1.82) is 0 Å². The molecule has 1 saturated heterocycles. The summed E-state index contributed by atoms with van der Waals surface area (Å²) >= 11 is 18.2. The summed E-state index contributed by atoms with van der Waals surface area (Å²) in [6, 6.07) is 12.4. The van der Waals surface area contributed by atoms with Crippen molar-refractivity contribution in [2.45, 2.75) is 23.6 Å². The number of fused-ring (bicyclic) bond motifs is 1. The number of anilines is 2. The van der Waals surface area contributed by atoms with E-state index in [4.69, 9.17) is 39.5 Å². The zero-order valence-electron chi connectivity index (χ0n) is 17.2. The lowest BCUT2D eigenvalue weighted by atomic mass is 9.80. The van der Waals surface area contributed by atoms with Crippen LogP contribution in [0.3, 0.4) is 0 Å². The Morgan fingerprint density at radius 2 is 1.45 bits per heavy atom. The van der Waals surface area contributed by atoms with E-state index in [1.54, 1.807) is 24.3 Å². The van der Waals surface area contributed by atoms with Crippen molar-refractivity contribution in [2.24, 2.45) is 11.8 Å². The summed E-state index contributed by atoms with van der Waals surface area (Å²) in [5, 5.41) is 2.40. The summed E-state index contributed by atoms with van der Waals surface area (Å²) in [7, 11) is 0. The van der Waals surface area contributed by atoms with Crippen LogP contribution in [0.1, 0.15) is 23.2 Å². The summed E-state index contributed by atoms with van der Waals surface area (Å²) in [6.07, 6.45) is 0.702. The van der Waals surface area contributed by atoms with Gasteiger partial charge in [0.1, 0.15) is 0 Å². The maximum atomic E-state index is 12.8. The van der Waals surface area contributed by atoms with Crippen LogP contribution in [0.25, 0.3) is 0 Å². The Morgan fingerprint density at radius 3 is 2.00 bits per heavy atom. The molecule has 2 aromatic carbocycles. The molecule has 7 nitrogen and oxygen atoms in total.